The van der Waals surface area contributed by atoms with Crippen LogP contribution in [0.25, 0.3) is 0 Å². The molecule has 0 aliphatic heterocycles. The van der Waals surface area contributed by atoms with Crippen LogP contribution >= 0.6 is 11.6 Å². The molecule has 0 atom stereocenters. The van der Waals surface area contributed by atoms with Crippen LogP contribution in [0, 0.1) is 5.92 Å². The van der Waals surface area contributed by atoms with Gasteiger partial charge in [0.1, 0.15) is 5.15 Å². The number of esters is 1. The molecule has 2 aromatic rings. The van der Waals surface area contributed by atoms with Crippen molar-refractivity contribution in [1.82, 2.24) is 10.3 Å². The third-order valence-electron chi connectivity index (χ3n) is 3.41. The van der Waals surface area contributed by atoms with Crippen molar-refractivity contribution in [1.29, 1.82) is 0 Å². The summed E-state index contributed by atoms with van der Waals surface area (Å²) in [5, 5.41) is 5.62. The lowest BCUT2D eigenvalue weighted by molar-refractivity contribution is -0.119. The number of nitrogens with one attached hydrogen (secondary N) is 2. The van der Waals surface area contributed by atoms with Gasteiger partial charge in [-0.1, -0.05) is 37.6 Å². The van der Waals surface area contributed by atoms with Crippen molar-refractivity contribution in [2.45, 2.75) is 13.8 Å². The van der Waals surface area contributed by atoms with Crippen LogP contribution in [-0.2, 0) is 9.53 Å². The SMILES string of the molecule is CC(C)CNC(=O)c1ccccc1NC(=O)COC(=O)c1ccc(Cl)nc1. The quantitative estimate of drug-likeness (QED) is 0.560. The van der Waals surface area contributed by atoms with E-state index in [1.165, 1.54) is 18.3 Å². The van der Waals surface area contributed by atoms with Crippen molar-refractivity contribution < 1.29 is 19.1 Å². The van der Waals surface area contributed by atoms with E-state index in [0.717, 1.165) is 0 Å². The van der Waals surface area contributed by atoms with E-state index in [4.69, 9.17) is 16.3 Å². The van der Waals surface area contributed by atoms with Crippen molar-refractivity contribution in [3.63, 3.8) is 0 Å². The molecule has 0 fully saturated rings. The molecule has 2 amide bonds. The molecule has 0 saturated heterocycles. The van der Waals surface area contributed by atoms with Gasteiger partial charge in [0.25, 0.3) is 11.8 Å². The topological polar surface area (TPSA) is 97.4 Å². The number of para-hydroxylation sites is 1. The summed E-state index contributed by atoms with van der Waals surface area (Å²) in [5.74, 6) is -1.24. The molecule has 0 spiro atoms. The van der Waals surface area contributed by atoms with Gasteiger partial charge in [0.15, 0.2) is 6.61 Å². The first-order valence-corrected chi connectivity index (χ1v) is 8.70. The Labute approximate surface area is 162 Å². The Balaban J connectivity index is 1.94. The average Bonchev–Trinajstić information content (AvgIpc) is 2.65. The zero-order valence-corrected chi connectivity index (χ0v) is 15.7. The van der Waals surface area contributed by atoms with Crippen molar-refractivity contribution >= 4 is 35.1 Å². The van der Waals surface area contributed by atoms with Crippen molar-refractivity contribution in [2.75, 3.05) is 18.5 Å². The number of pyridine rings is 1. The number of nitrogens with zero attached hydrogens (tertiary/aromatic N) is 1. The Bertz CT molecular complexity index is 822. The van der Waals surface area contributed by atoms with Crippen LogP contribution in [-0.4, -0.2) is 35.9 Å². The maximum Gasteiger partial charge on any atom is 0.340 e. The molecule has 0 saturated carbocycles. The molecular weight excluding hydrogens is 370 g/mol. The molecule has 2 N–H and O–H groups in total. The van der Waals surface area contributed by atoms with Gasteiger partial charge in [-0.25, -0.2) is 9.78 Å². The van der Waals surface area contributed by atoms with E-state index < -0.39 is 18.5 Å². The average molecular weight is 390 g/mol. The second-order valence-corrected chi connectivity index (χ2v) is 6.53. The molecule has 0 aliphatic carbocycles. The standard InChI is InChI=1S/C19H20ClN3O4/c1-12(2)9-22-18(25)14-5-3-4-6-15(14)23-17(24)11-27-19(26)13-7-8-16(20)21-10-13/h3-8,10,12H,9,11H2,1-2H3,(H,22,25)(H,23,24). The summed E-state index contributed by atoms with van der Waals surface area (Å²) in [7, 11) is 0. The highest BCUT2D eigenvalue weighted by Gasteiger charge is 2.15. The second kappa shape index (κ2) is 9.68. The van der Waals surface area contributed by atoms with E-state index in [0.29, 0.717) is 23.7 Å². The van der Waals surface area contributed by atoms with Gasteiger partial charge in [-0.2, -0.15) is 0 Å². The number of hydrogen-bond donors (Lipinski definition) is 2. The number of aromatic nitrogens is 1. The fourth-order valence-corrected chi connectivity index (χ4v) is 2.19. The van der Waals surface area contributed by atoms with Crippen LogP contribution in [0.5, 0.6) is 0 Å². The summed E-state index contributed by atoms with van der Waals surface area (Å²) in [5.41, 5.74) is 0.855. The largest absolute Gasteiger partial charge is 0.452 e. The van der Waals surface area contributed by atoms with Gasteiger partial charge in [0.05, 0.1) is 16.8 Å². The van der Waals surface area contributed by atoms with Crippen LogP contribution < -0.4 is 10.6 Å². The lowest BCUT2D eigenvalue weighted by Gasteiger charge is -2.12. The van der Waals surface area contributed by atoms with E-state index in [2.05, 4.69) is 15.6 Å². The Morgan fingerprint density at radius 2 is 1.89 bits per heavy atom. The van der Waals surface area contributed by atoms with Crippen LogP contribution in [0.4, 0.5) is 5.69 Å². The molecular formula is C19H20ClN3O4. The zero-order chi connectivity index (χ0) is 19.8. The molecule has 1 heterocycles. The number of ether oxygens (including phenoxy) is 1. The predicted octanol–water partition coefficient (Wildman–Crippen LogP) is 2.92. The van der Waals surface area contributed by atoms with Crippen LogP contribution in [0.15, 0.2) is 42.6 Å². The molecule has 1 aromatic heterocycles. The highest BCUT2D eigenvalue weighted by atomic mass is 35.5. The Morgan fingerprint density at radius 1 is 1.15 bits per heavy atom. The van der Waals surface area contributed by atoms with Crippen molar-refractivity contribution in [3.8, 4) is 0 Å². The smallest absolute Gasteiger partial charge is 0.340 e. The van der Waals surface area contributed by atoms with Crippen LogP contribution in [0.2, 0.25) is 5.15 Å². The molecule has 0 aliphatic rings. The number of halogens is 1. The number of carbonyl (C=O) groups is 3. The summed E-state index contributed by atoms with van der Waals surface area (Å²) < 4.78 is 4.95. The third-order valence-corrected chi connectivity index (χ3v) is 3.64. The number of amides is 2. The second-order valence-electron chi connectivity index (χ2n) is 6.14. The molecule has 0 bridgehead atoms. The highest BCUT2D eigenvalue weighted by Crippen LogP contribution is 2.15. The molecule has 1 aromatic carbocycles. The first-order chi connectivity index (χ1) is 12.9. The van der Waals surface area contributed by atoms with E-state index in [9.17, 15) is 14.4 Å². The minimum absolute atomic E-state index is 0.181. The summed E-state index contributed by atoms with van der Waals surface area (Å²) in [4.78, 5) is 40.0. The molecule has 7 nitrogen and oxygen atoms in total. The van der Waals surface area contributed by atoms with Gasteiger partial charge in [-0.05, 0) is 30.2 Å². The van der Waals surface area contributed by atoms with Gasteiger partial charge >= 0.3 is 5.97 Å². The predicted molar refractivity (Wildman–Crippen MR) is 102 cm³/mol. The van der Waals surface area contributed by atoms with Gasteiger partial charge in [0.2, 0.25) is 0 Å². The maximum atomic E-state index is 12.3. The molecule has 27 heavy (non-hydrogen) atoms. The maximum absolute atomic E-state index is 12.3. The lowest BCUT2D eigenvalue weighted by atomic mass is 10.1. The molecule has 0 unspecified atom stereocenters. The van der Waals surface area contributed by atoms with Crippen molar-refractivity contribution in [3.05, 3.63) is 58.9 Å². The van der Waals surface area contributed by atoms with E-state index in [1.54, 1.807) is 24.3 Å². The summed E-state index contributed by atoms with van der Waals surface area (Å²) >= 11 is 5.65. The molecule has 0 radical (unpaired) electrons. The fourth-order valence-electron chi connectivity index (χ4n) is 2.08. The lowest BCUT2D eigenvalue weighted by Crippen LogP contribution is -2.29. The minimum Gasteiger partial charge on any atom is -0.452 e. The molecule has 142 valence electrons. The summed E-state index contributed by atoms with van der Waals surface area (Å²) in [6, 6.07) is 9.51. The summed E-state index contributed by atoms with van der Waals surface area (Å²) in [6.07, 6.45) is 1.26. The number of rotatable bonds is 7. The van der Waals surface area contributed by atoms with Crippen LogP contribution in [0.3, 0.4) is 0 Å². The number of hydrogen-bond acceptors (Lipinski definition) is 5. The van der Waals surface area contributed by atoms with Gasteiger partial charge < -0.3 is 15.4 Å². The van der Waals surface area contributed by atoms with Gasteiger partial charge in [-0.3, -0.25) is 9.59 Å². The third kappa shape index (κ3) is 6.38. The Kier molecular flexibility index (Phi) is 7.31. The number of anilines is 1. The first kappa shape index (κ1) is 20.4. The normalized spacial score (nSPS) is 10.4. The van der Waals surface area contributed by atoms with E-state index in [1.807, 2.05) is 13.8 Å². The molecule has 8 heteroatoms. The number of carbonyl (C=O) groups excluding carboxylic acids is 3. The fraction of sp³-hybridized carbons (Fsp3) is 0.263. The van der Waals surface area contributed by atoms with Gasteiger partial charge in [0, 0.05) is 12.7 Å². The monoisotopic (exact) mass is 389 g/mol. The number of benzene rings is 1. The first-order valence-electron chi connectivity index (χ1n) is 8.32. The van der Waals surface area contributed by atoms with Gasteiger partial charge in [-0.15, -0.1) is 0 Å². The Morgan fingerprint density at radius 3 is 2.56 bits per heavy atom. The van der Waals surface area contributed by atoms with E-state index in [-0.39, 0.29) is 16.6 Å². The summed E-state index contributed by atoms with van der Waals surface area (Å²) in [6.45, 7) is 3.99. The highest BCUT2D eigenvalue weighted by molar-refractivity contribution is 6.29. The Hall–Kier alpha value is -2.93. The molecule has 2 rings (SSSR count). The van der Waals surface area contributed by atoms with Crippen molar-refractivity contribution in [2.24, 2.45) is 5.92 Å². The van der Waals surface area contributed by atoms with Crippen LogP contribution in [0.1, 0.15) is 34.6 Å². The minimum atomic E-state index is -0.697. The zero-order valence-electron chi connectivity index (χ0n) is 15.0. The van der Waals surface area contributed by atoms with E-state index >= 15 is 0 Å².